The van der Waals surface area contributed by atoms with E-state index >= 15 is 0 Å². The van der Waals surface area contributed by atoms with E-state index < -0.39 is 23.6 Å². The smallest absolute Gasteiger partial charge is 0.416 e. The topological polar surface area (TPSA) is 76.7 Å². The van der Waals surface area contributed by atoms with Crippen molar-refractivity contribution in [2.45, 2.75) is 12.6 Å². The number of anilines is 1. The van der Waals surface area contributed by atoms with Gasteiger partial charge in [0, 0.05) is 30.3 Å². The molecule has 0 aliphatic carbocycles. The lowest BCUT2D eigenvalue weighted by atomic mass is 10.2. The van der Waals surface area contributed by atoms with E-state index in [9.17, 15) is 22.8 Å². The summed E-state index contributed by atoms with van der Waals surface area (Å²) in [6, 6.07) is 8.96. The van der Waals surface area contributed by atoms with Gasteiger partial charge in [-0.1, -0.05) is 6.07 Å². The minimum Gasteiger partial charge on any atom is -0.497 e. The number of ether oxygens (including phenoxy) is 2. The molecule has 0 aromatic heterocycles. The van der Waals surface area contributed by atoms with Crippen LogP contribution in [0.15, 0.2) is 42.5 Å². The first-order chi connectivity index (χ1) is 13.2. The highest BCUT2D eigenvalue weighted by Gasteiger charge is 2.30. The van der Waals surface area contributed by atoms with Gasteiger partial charge in [0.1, 0.15) is 11.5 Å². The summed E-state index contributed by atoms with van der Waals surface area (Å²) in [4.78, 5) is 24.1. The number of nitrogens with one attached hydrogen (secondary N) is 2. The van der Waals surface area contributed by atoms with Crippen LogP contribution in [-0.4, -0.2) is 32.6 Å². The van der Waals surface area contributed by atoms with Gasteiger partial charge in [-0.25, -0.2) is 0 Å². The molecule has 0 saturated carbocycles. The number of alkyl halides is 3. The molecule has 2 aromatic rings. The number of methoxy groups -OCH3 is 2. The summed E-state index contributed by atoms with van der Waals surface area (Å²) in [5, 5.41) is 4.94. The molecule has 150 valence electrons. The number of hydrogen-bond acceptors (Lipinski definition) is 4. The van der Waals surface area contributed by atoms with Crippen molar-refractivity contribution in [2.24, 2.45) is 0 Å². The molecule has 0 aliphatic rings. The minimum absolute atomic E-state index is 0.00313. The number of amides is 2. The minimum atomic E-state index is -4.49. The molecule has 0 fully saturated rings. The average molecular weight is 396 g/mol. The molecule has 0 aliphatic heterocycles. The Labute approximate surface area is 159 Å². The van der Waals surface area contributed by atoms with E-state index in [0.717, 1.165) is 12.1 Å². The van der Waals surface area contributed by atoms with Crippen molar-refractivity contribution < 1.29 is 32.2 Å². The fourth-order valence-electron chi connectivity index (χ4n) is 2.33. The van der Waals surface area contributed by atoms with Crippen molar-refractivity contribution in [3.8, 4) is 11.5 Å². The van der Waals surface area contributed by atoms with Gasteiger partial charge in [-0.3, -0.25) is 9.59 Å². The van der Waals surface area contributed by atoms with E-state index in [0.29, 0.717) is 11.5 Å². The summed E-state index contributed by atoms with van der Waals surface area (Å²) < 4.78 is 48.2. The molecule has 0 radical (unpaired) electrons. The molecule has 0 atom stereocenters. The van der Waals surface area contributed by atoms with Crippen LogP contribution in [0.5, 0.6) is 11.5 Å². The Bertz CT molecular complexity index is 831. The number of hydrogen-bond donors (Lipinski definition) is 2. The number of rotatable bonds is 7. The lowest BCUT2D eigenvalue weighted by molar-refractivity contribution is -0.137. The predicted octanol–water partition coefficient (Wildman–Crippen LogP) is 3.48. The van der Waals surface area contributed by atoms with Crippen molar-refractivity contribution in [1.29, 1.82) is 0 Å². The van der Waals surface area contributed by atoms with E-state index in [1.54, 1.807) is 6.07 Å². The first-order valence-corrected chi connectivity index (χ1v) is 8.21. The highest BCUT2D eigenvalue weighted by atomic mass is 19.4. The Kier molecular flexibility index (Phi) is 6.86. The molecular formula is C19H19F3N2O4. The standard InChI is InChI=1S/C19H19F3N2O4/c1-27-15-8-12(9-16(11-15)28-2)18(26)23-7-6-17(25)24-14-5-3-4-13(10-14)19(20,21)22/h3-5,8-11H,6-7H2,1-2H3,(H,23,26)(H,24,25). The van der Waals surface area contributed by atoms with Crippen LogP contribution < -0.4 is 20.1 Å². The van der Waals surface area contributed by atoms with Crippen molar-refractivity contribution >= 4 is 17.5 Å². The molecule has 2 rings (SSSR count). The third-order valence-electron chi connectivity index (χ3n) is 3.72. The normalized spacial score (nSPS) is 10.9. The quantitative estimate of drug-likeness (QED) is 0.751. The van der Waals surface area contributed by atoms with Gasteiger partial charge in [0.2, 0.25) is 5.91 Å². The Hall–Kier alpha value is -3.23. The Morgan fingerprint density at radius 1 is 1.00 bits per heavy atom. The van der Waals surface area contributed by atoms with Crippen LogP contribution in [-0.2, 0) is 11.0 Å². The summed E-state index contributed by atoms with van der Waals surface area (Å²) >= 11 is 0. The lowest BCUT2D eigenvalue weighted by Gasteiger charge is -2.11. The molecule has 9 heteroatoms. The van der Waals surface area contributed by atoms with E-state index in [4.69, 9.17) is 9.47 Å². The predicted molar refractivity (Wildman–Crippen MR) is 96.6 cm³/mol. The number of benzene rings is 2. The number of halogens is 3. The summed E-state index contributed by atoms with van der Waals surface area (Å²) in [6.07, 6.45) is -4.60. The van der Waals surface area contributed by atoms with Crippen molar-refractivity contribution in [1.82, 2.24) is 5.32 Å². The second-order valence-electron chi connectivity index (χ2n) is 5.73. The molecule has 2 aromatic carbocycles. The van der Waals surface area contributed by atoms with E-state index in [-0.39, 0.29) is 24.2 Å². The Morgan fingerprint density at radius 2 is 1.64 bits per heavy atom. The molecule has 2 amide bonds. The van der Waals surface area contributed by atoms with E-state index in [2.05, 4.69) is 10.6 Å². The molecule has 0 heterocycles. The zero-order valence-electron chi connectivity index (χ0n) is 15.2. The molecule has 0 spiro atoms. The van der Waals surface area contributed by atoms with Gasteiger partial charge < -0.3 is 20.1 Å². The second kappa shape index (κ2) is 9.12. The van der Waals surface area contributed by atoms with Crippen LogP contribution in [0.3, 0.4) is 0 Å². The van der Waals surface area contributed by atoms with Crippen LogP contribution in [0, 0.1) is 0 Å². The molecule has 0 unspecified atom stereocenters. The molecule has 6 nitrogen and oxygen atoms in total. The Balaban J connectivity index is 1.89. The fraction of sp³-hybridized carbons (Fsp3) is 0.263. The SMILES string of the molecule is COc1cc(OC)cc(C(=O)NCCC(=O)Nc2cccc(C(F)(F)F)c2)c1. The highest BCUT2D eigenvalue weighted by molar-refractivity contribution is 5.96. The van der Waals surface area contributed by atoms with Gasteiger partial charge in [0.05, 0.1) is 19.8 Å². The first kappa shape index (κ1) is 21.1. The van der Waals surface area contributed by atoms with Gasteiger partial charge >= 0.3 is 6.18 Å². The summed E-state index contributed by atoms with van der Waals surface area (Å²) in [7, 11) is 2.91. The molecular weight excluding hydrogens is 377 g/mol. The van der Waals surface area contributed by atoms with Crippen molar-refractivity contribution in [3.05, 3.63) is 53.6 Å². The molecule has 0 bridgehead atoms. The Morgan fingerprint density at radius 3 is 2.21 bits per heavy atom. The fourth-order valence-corrected chi connectivity index (χ4v) is 2.33. The van der Waals surface area contributed by atoms with Crippen LogP contribution in [0.1, 0.15) is 22.3 Å². The number of carbonyl (C=O) groups is 2. The van der Waals surface area contributed by atoms with Gasteiger partial charge in [-0.2, -0.15) is 13.2 Å². The van der Waals surface area contributed by atoms with Crippen LogP contribution in [0.4, 0.5) is 18.9 Å². The third kappa shape index (κ3) is 5.90. The van der Waals surface area contributed by atoms with Gasteiger partial charge in [0.25, 0.3) is 5.91 Å². The highest BCUT2D eigenvalue weighted by Crippen LogP contribution is 2.30. The maximum absolute atomic E-state index is 12.7. The second-order valence-corrected chi connectivity index (χ2v) is 5.73. The summed E-state index contributed by atoms with van der Waals surface area (Å²) in [6.45, 7) is 0.00313. The van der Waals surface area contributed by atoms with Gasteiger partial charge in [0.15, 0.2) is 0 Å². The van der Waals surface area contributed by atoms with Crippen LogP contribution >= 0.6 is 0 Å². The van der Waals surface area contributed by atoms with Gasteiger partial charge in [-0.15, -0.1) is 0 Å². The van der Waals surface area contributed by atoms with E-state index in [1.807, 2.05) is 0 Å². The monoisotopic (exact) mass is 396 g/mol. The maximum Gasteiger partial charge on any atom is 0.416 e. The van der Waals surface area contributed by atoms with Gasteiger partial charge in [-0.05, 0) is 30.3 Å². The molecule has 0 saturated heterocycles. The summed E-state index contributed by atoms with van der Waals surface area (Å²) in [5.41, 5.74) is -0.538. The number of carbonyl (C=O) groups excluding carboxylic acids is 2. The van der Waals surface area contributed by atoms with E-state index in [1.165, 1.54) is 38.5 Å². The average Bonchev–Trinajstić information content (AvgIpc) is 2.66. The third-order valence-corrected chi connectivity index (χ3v) is 3.72. The van der Waals surface area contributed by atoms with Crippen molar-refractivity contribution in [2.75, 3.05) is 26.1 Å². The molecule has 2 N–H and O–H groups in total. The van der Waals surface area contributed by atoms with Crippen LogP contribution in [0.2, 0.25) is 0 Å². The van der Waals surface area contributed by atoms with Crippen molar-refractivity contribution in [3.63, 3.8) is 0 Å². The lowest BCUT2D eigenvalue weighted by Crippen LogP contribution is -2.27. The molecule has 28 heavy (non-hydrogen) atoms. The summed E-state index contributed by atoms with van der Waals surface area (Å²) in [5.74, 6) is -0.0921. The first-order valence-electron chi connectivity index (χ1n) is 8.21. The largest absolute Gasteiger partial charge is 0.497 e. The zero-order valence-corrected chi connectivity index (χ0v) is 15.2. The maximum atomic E-state index is 12.7. The van der Waals surface area contributed by atoms with Crippen LogP contribution in [0.25, 0.3) is 0 Å². The zero-order chi connectivity index (χ0) is 20.7.